The van der Waals surface area contributed by atoms with Gasteiger partial charge in [0.2, 0.25) is 15.9 Å². The average molecular weight is 647 g/mol. The second-order valence-corrected chi connectivity index (χ2v) is 15.9. The molecule has 3 aromatic rings. The molecule has 46 heavy (non-hydrogen) atoms. The number of carbonyl (C=O) groups is 2. The van der Waals surface area contributed by atoms with Crippen molar-refractivity contribution in [2.75, 3.05) is 26.5 Å². The number of hydrogen-bond acceptors (Lipinski definition) is 6. The lowest BCUT2D eigenvalue weighted by molar-refractivity contribution is -0.139. The standard InChI is InChI=1S/C36H46N4O5S/c1-4-20-46(43,44)37-34(41)26-12-16-29-30(21-26)39(23-36(18-19-36)35(42)40-27-13-17-31(40)38(2)22-27)33(25-10-14-28(45-3)15-11-25)32(29)24-8-6-5-7-9-24/h10-12,14-16,21,24,27,31H,4-9,13,17-20,22-23H2,1-3H3,(H,37,41). The van der Waals surface area contributed by atoms with E-state index in [1.807, 2.05) is 24.3 Å². The number of amides is 2. The summed E-state index contributed by atoms with van der Waals surface area (Å²) in [6.07, 6.45) is 10.1. The summed E-state index contributed by atoms with van der Waals surface area (Å²) in [4.78, 5) is 32.3. The van der Waals surface area contributed by atoms with Crippen LogP contribution in [0, 0.1) is 5.41 Å². The Hall–Kier alpha value is -3.37. The average Bonchev–Trinajstić information content (AvgIpc) is 3.48. The van der Waals surface area contributed by atoms with Crippen molar-refractivity contribution in [2.24, 2.45) is 5.41 Å². The monoisotopic (exact) mass is 646 g/mol. The quantitative estimate of drug-likeness (QED) is 0.296. The van der Waals surface area contributed by atoms with Crippen LogP contribution in [0.1, 0.15) is 93.0 Å². The van der Waals surface area contributed by atoms with E-state index in [1.165, 1.54) is 24.8 Å². The predicted octanol–water partition coefficient (Wildman–Crippen LogP) is 5.88. The first-order valence-electron chi connectivity index (χ1n) is 17.0. The smallest absolute Gasteiger partial charge is 0.264 e. The highest BCUT2D eigenvalue weighted by atomic mass is 32.2. The van der Waals surface area contributed by atoms with Crippen molar-refractivity contribution in [2.45, 2.75) is 95.8 Å². The predicted molar refractivity (Wildman–Crippen MR) is 179 cm³/mol. The fraction of sp³-hybridized carbons (Fsp3) is 0.556. The summed E-state index contributed by atoms with van der Waals surface area (Å²) >= 11 is 0. The van der Waals surface area contributed by atoms with Crippen LogP contribution in [0.5, 0.6) is 5.75 Å². The lowest BCUT2D eigenvalue weighted by atomic mass is 9.81. The number of nitrogens with zero attached hydrogens (tertiary/aromatic N) is 3. The van der Waals surface area contributed by atoms with E-state index in [0.29, 0.717) is 24.4 Å². The number of aromatic nitrogens is 1. The Kier molecular flexibility index (Phi) is 8.16. The molecule has 246 valence electrons. The zero-order chi connectivity index (χ0) is 32.2. The molecule has 1 aromatic heterocycles. The second kappa shape index (κ2) is 12.0. The molecule has 0 spiro atoms. The number of nitrogens with one attached hydrogen (secondary N) is 1. The highest BCUT2D eigenvalue weighted by molar-refractivity contribution is 7.90. The molecule has 7 rings (SSSR count). The van der Waals surface area contributed by atoms with Crippen molar-refractivity contribution in [3.8, 4) is 17.0 Å². The van der Waals surface area contributed by atoms with Gasteiger partial charge in [0.25, 0.3) is 5.91 Å². The maximum atomic E-state index is 14.4. The van der Waals surface area contributed by atoms with Crippen LogP contribution in [-0.4, -0.2) is 73.3 Å². The van der Waals surface area contributed by atoms with E-state index in [0.717, 1.165) is 73.0 Å². The topological polar surface area (TPSA) is 101 Å². The molecule has 10 heteroatoms. The minimum atomic E-state index is -3.73. The van der Waals surface area contributed by atoms with Crippen molar-refractivity contribution in [1.82, 2.24) is 19.1 Å². The molecule has 9 nitrogen and oxygen atoms in total. The van der Waals surface area contributed by atoms with Gasteiger partial charge in [0.05, 0.1) is 30.1 Å². The van der Waals surface area contributed by atoms with Crippen LogP contribution in [0.3, 0.4) is 0 Å². The van der Waals surface area contributed by atoms with Crippen LogP contribution in [0.25, 0.3) is 22.2 Å². The van der Waals surface area contributed by atoms with Gasteiger partial charge in [-0.2, -0.15) is 0 Å². The van der Waals surface area contributed by atoms with Crippen LogP contribution >= 0.6 is 0 Å². The van der Waals surface area contributed by atoms with Gasteiger partial charge in [-0.25, -0.2) is 13.1 Å². The Morgan fingerprint density at radius 1 is 1.00 bits per heavy atom. The Morgan fingerprint density at radius 2 is 1.74 bits per heavy atom. The number of piperidine rings is 1. The maximum absolute atomic E-state index is 14.4. The van der Waals surface area contributed by atoms with Gasteiger partial charge >= 0.3 is 0 Å². The minimum Gasteiger partial charge on any atom is -0.497 e. The third-order valence-electron chi connectivity index (χ3n) is 10.9. The van der Waals surface area contributed by atoms with E-state index in [9.17, 15) is 18.0 Å². The number of ether oxygens (including phenoxy) is 1. The molecule has 2 bridgehead atoms. The van der Waals surface area contributed by atoms with Crippen molar-refractivity contribution in [3.63, 3.8) is 0 Å². The second-order valence-electron chi connectivity index (χ2n) is 14.0. The molecular weight excluding hydrogens is 600 g/mol. The highest BCUT2D eigenvalue weighted by Crippen LogP contribution is 2.54. The number of benzene rings is 2. The van der Waals surface area contributed by atoms with E-state index in [4.69, 9.17) is 4.74 Å². The summed E-state index contributed by atoms with van der Waals surface area (Å²) in [5.74, 6) is 0.657. The third kappa shape index (κ3) is 5.51. The number of hydrogen-bond donors (Lipinski definition) is 1. The summed E-state index contributed by atoms with van der Waals surface area (Å²) in [6.45, 7) is 3.23. The molecule has 1 N–H and O–H groups in total. The van der Waals surface area contributed by atoms with E-state index < -0.39 is 21.3 Å². The number of sulfonamides is 1. The van der Waals surface area contributed by atoms with Crippen LogP contribution in [0.4, 0.5) is 0 Å². The van der Waals surface area contributed by atoms with E-state index in [2.05, 4.69) is 38.3 Å². The Morgan fingerprint density at radius 3 is 2.35 bits per heavy atom. The Bertz CT molecular complexity index is 1750. The highest BCUT2D eigenvalue weighted by Gasteiger charge is 2.57. The van der Waals surface area contributed by atoms with Crippen molar-refractivity contribution in [1.29, 1.82) is 0 Å². The molecule has 3 heterocycles. The number of rotatable bonds is 10. The Balaban J connectivity index is 1.38. The summed E-state index contributed by atoms with van der Waals surface area (Å²) in [7, 11) is 0.0514. The molecule has 4 fully saturated rings. The van der Waals surface area contributed by atoms with Gasteiger partial charge in [0, 0.05) is 35.6 Å². The normalized spacial score (nSPS) is 22.8. The number of likely N-dealkylation sites (N-methyl/N-ethyl adjacent to an activating group) is 1. The van der Waals surface area contributed by atoms with Gasteiger partial charge in [0.1, 0.15) is 5.75 Å². The molecule has 0 radical (unpaired) electrons. The number of fused-ring (bicyclic) bond motifs is 3. The number of carbonyl (C=O) groups excluding carboxylic acids is 2. The molecule has 2 saturated heterocycles. The fourth-order valence-electron chi connectivity index (χ4n) is 8.46. The molecular formula is C36H46N4O5S. The van der Waals surface area contributed by atoms with Gasteiger partial charge in [0.15, 0.2) is 0 Å². The first kappa shape index (κ1) is 31.2. The molecule has 4 aliphatic rings. The van der Waals surface area contributed by atoms with E-state index in [1.54, 1.807) is 20.1 Å². The number of likely N-dealkylation sites (tertiary alicyclic amines) is 1. The fourth-order valence-corrected chi connectivity index (χ4v) is 9.50. The van der Waals surface area contributed by atoms with Gasteiger partial charge in [-0.3, -0.25) is 14.5 Å². The van der Waals surface area contributed by atoms with Crippen LogP contribution in [-0.2, 0) is 21.4 Å². The van der Waals surface area contributed by atoms with Gasteiger partial charge in [-0.1, -0.05) is 32.3 Å². The summed E-state index contributed by atoms with van der Waals surface area (Å²) in [5, 5.41) is 1.08. The van der Waals surface area contributed by atoms with Gasteiger partial charge in [-0.15, -0.1) is 0 Å². The van der Waals surface area contributed by atoms with Gasteiger partial charge in [-0.05, 0) is 105 Å². The lowest BCUT2D eigenvalue weighted by Gasteiger charge is -2.29. The molecule has 2 amide bonds. The van der Waals surface area contributed by atoms with Crippen molar-refractivity contribution >= 4 is 32.7 Å². The first-order chi connectivity index (χ1) is 22.1. The largest absolute Gasteiger partial charge is 0.497 e. The molecule has 2 aliphatic heterocycles. The number of methoxy groups -OCH3 is 1. The summed E-state index contributed by atoms with van der Waals surface area (Å²) in [6, 6.07) is 14.0. The molecule has 2 atom stereocenters. The van der Waals surface area contributed by atoms with Crippen LogP contribution in [0.2, 0.25) is 0 Å². The third-order valence-corrected chi connectivity index (χ3v) is 12.4. The van der Waals surface area contributed by atoms with E-state index >= 15 is 0 Å². The summed E-state index contributed by atoms with van der Waals surface area (Å²) < 4.78 is 35.1. The van der Waals surface area contributed by atoms with Crippen LogP contribution < -0.4 is 9.46 Å². The molecule has 2 aliphatic carbocycles. The molecule has 2 unspecified atom stereocenters. The zero-order valence-electron chi connectivity index (χ0n) is 27.3. The van der Waals surface area contributed by atoms with Crippen molar-refractivity contribution in [3.05, 3.63) is 53.6 Å². The SMILES string of the molecule is CCCS(=O)(=O)NC(=O)c1ccc2c(C3CCCCC3)c(-c3ccc(OC)cc3)n(CC3(C(=O)N4C5CCC4N(C)C5)CC3)c2c1. The Labute approximate surface area is 272 Å². The molecule has 2 aromatic carbocycles. The van der Waals surface area contributed by atoms with Gasteiger partial charge < -0.3 is 14.2 Å². The lowest BCUT2D eigenvalue weighted by Crippen LogP contribution is -2.44. The molecule has 2 saturated carbocycles. The minimum absolute atomic E-state index is 0.108. The maximum Gasteiger partial charge on any atom is 0.264 e. The van der Waals surface area contributed by atoms with E-state index in [-0.39, 0.29) is 23.9 Å². The summed E-state index contributed by atoms with van der Waals surface area (Å²) in [5.41, 5.74) is 4.12. The van der Waals surface area contributed by atoms with Crippen molar-refractivity contribution < 1.29 is 22.7 Å². The van der Waals surface area contributed by atoms with Crippen LogP contribution in [0.15, 0.2) is 42.5 Å². The zero-order valence-corrected chi connectivity index (χ0v) is 28.1. The first-order valence-corrected chi connectivity index (χ1v) is 18.7.